The summed E-state index contributed by atoms with van der Waals surface area (Å²) >= 11 is 7.63. The number of alkyl halides is 2. The summed E-state index contributed by atoms with van der Waals surface area (Å²) in [7, 11) is 0.954. The average molecular weight is 444 g/mol. The largest absolute Gasteiger partial charge is 0.516 e. The SMILES string of the molecule is CO[Si](NC1CCCCC1Br)(NC1CCCCC1Br)OC. The molecule has 0 amide bonds. The highest BCUT2D eigenvalue weighted by atomic mass is 79.9. The number of nitrogens with one attached hydrogen (secondary N) is 2. The Morgan fingerprint density at radius 3 is 1.48 bits per heavy atom. The van der Waals surface area contributed by atoms with Gasteiger partial charge >= 0.3 is 8.88 Å². The molecule has 2 N–H and O–H groups in total. The third-order valence-electron chi connectivity index (χ3n) is 4.69. The van der Waals surface area contributed by atoms with Crippen molar-refractivity contribution < 1.29 is 8.85 Å². The van der Waals surface area contributed by atoms with Crippen LogP contribution in [0.5, 0.6) is 0 Å². The highest BCUT2D eigenvalue weighted by Gasteiger charge is 2.44. The Labute approximate surface area is 146 Å². The zero-order chi connectivity index (χ0) is 15.3. The van der Waals surface area contributed by atoms with Crippen molar-refractivity contribution in [3.05, 3.63) is 0 Å². The second-order valence-corrected chi connectivity index (χ2v) is 11.1. The molecule has 2 aliphatic carbocycles. The maximum absolute atomic E-state index is 5.84. The van der Waals surface area contributed by atoms with Gasteiger partial charge in [0.05, 0.1) is 0 Å². The highest BCUT2D eigenvalue weighted by Crippen LogP contribution is 2.28. The topological polar surface area (TPSA) is 42.5 Å². The van der Waals surface area contributed by atoms with Gasteiger partial charge in [-0.3, -0.25) is 9.96 Å². The quantitative estimate of drug-likeness (QED) is 0.488. The third-order valence-corrected chi connectivity index (χ3v) is 9.53. The van der Waals surface area contributed by atoms with Gasteiger partial charge in [0, 0.05) is 36.0 Å². The van der Waals surface area contributed by atoms with E-state index in [2.05, 4.69) is 41.8 Å². The molecule has 4 atom stereocenters. The maximum Gasteiger partial charge on any atom is 0.516 e. The molecule has 0 bridgehead atoms. The first-order valence-electron chi connectivity index (χ1n) is 8.04. The van der Waals surface area contributed by atoms with Crippen molar-refractivity contribution in [3.8, 4) is 0 Å². The van der Waals surface area contributed by atoms with Gasteiger partial charge in [0.2, 0.25) is 0 Å². The molecular formula is C14H28Br2N2O2Si. The van der Waals surface area contributed by atoms with Gasteiger partial charge in [-0.15, -0.1) is 0 Å². The summed E-state index contributed by atoms with van der Waals surface area (Å²) in [6, 6.07) is 0.852. The first kappa shape index (κ1) is 18.4. The lowest BCUT2D eigenvalue weighted by atomic mass is 9.96. The van der Waals surface area contributed by atoms with Crippen LogP contribution in [0.1, 0.15) is 51.4 Å². The first-order valence-corrected chi connectivity index (χ1v) is 11.7. The fourth-order valence-electron chi connectivity index (χ4n) is 3.35. The van der Waals surface area contributed by atoms with Crippen LogP contribution in [-0.4, -0.2) is 44.8 Å². The molecule has 0 heterocycles. The minimum atomic E-state index is -2.56. The summed E-state index contributed by atoms with van der Waals surface area (Å²) in [5, 5.41) is 0. The molecule has 0 saturated heterocycles. The fraction of sp³-hybridized carbons (Fsp3) is 1.00. The van der Waals surface area contributed by atoms with Crippen LogP contribution in [0.2, 0.25) is 0 Å². The van der Waals surface area contributed by atoms with Gasteiger partial charge in [-0.25, -0.2) is 0 Å². The van der Waals surface area contributed by atoms with Crippen molar-refractivity contribution >= 4 is 40.7 Å². The van der Waals surface area contributed by atoms with Crippen LogP contribution in [0.4, 0.5) is 0 Å². The predicted octanol–water partition coefficient (Wildman–Crippen LogP) is 3.31. The zero-order valence-electron chi connectivity index (χ0n) is 13.0. The molecular weight excluding hydrogens is 416 g/mol. The Balaban J connectivity index is 2.00. The van der Waals surface area contributed by atoms with E-state index in [9.17, 15) is 0 Å². The molecule has 2 fully saturated rings. The summed E-state index contributed by atoms with van der Waals surface area (Å²) in [4.78, 5) is 8.43. The van der Waals surface area contributed by atoms with E-state index >= 15 is 0 Å². The van der Waals surface area contributed by atoms with Gasteiger partial charge in [-0.05, 0) is 25.7 Å². The van der Waals surface area contributed by atoms with Crippen molar-refractivity contribution in [3.63, 3.8) is 0 Å². The highest BCUT2D eigenvalue weighted by molar-refractivity contribution is 9.09. The molecule has 4 nitrogen and oxygen atoms in total. The minimum Gasteiger partial charge on any atom is -0.374 e. The van der Waals surface area contributed by atoms with Crippen molar-refractivity contribution in [2.24, 2.45) is 0 Å². The standard InChI is InChI=1S/C14H28Br2N2O2Si/c1-19-21(20-2,17-13-9-5-3-7-11(13)15)18-14-10-6-4-8-12(14)16/h11-14,17-18H,3-10H2,1-2H3. The van der Waals surface area contributed by atoms with Crippen LogP contribution in [-0.2, 0) is 8.85 Å². The van der Waals surface area contributed by atoms with E-state index in [1.165, 1.54) is 51.4 Å². The summed E-state index contributed by atoms with van der Waals surface area (Å²) in [5.74, 6) is 0. The lowest BCUT2D eigenvalue weighted by molar-refractivity contribution is 0.191. The zero-order valence-corrected chi connectivity index (χ0v) is 17.2. The Bertz CT molecular complexity index is 295. The summed E-state index contributed by atoms with van der Waals surface area (Å²) < 4.78 is 11.7. The first-order chi connectivity index (χ1) is 10.1. The molecule has 0 aliphatic heterocycles. The summed E-state index contributed by atoms with van der Waals surface area (Å²) in [5.41, 5.74) is 0. The molecule has 124 valence electrons. The molecule has 2 rings (SSSR count). The fourth-order valence-corrected chi connectivity index (χ4v) is 7.66. The monoisotopic (exact) mass is 442 g/mol. The second-order valence-electron chi connectivity index (χ2n) is 6.13. The van der Waals surface area contributed by atoms with Gasteiger partial charge in [0.15, 0.2) is 0 Å². The molecule has 21 heavy (non-hydrogen) atoms. The van der Waals surface area contributed by atoms with Gasteiger partial charge in [0.1, 0.15) is 0 Å². The van der Waals surface area contributed by atoms with Crippen LogP contribution in [0.15, 0.2) is 0 Å². The van der Waals surface area contributed by atoms with Gasteiger partial charge < -0.3 is 8.85 Å². The van der Waals surface area contributed by atoms with Gasteiger partial charge in [-0.2, -0.15) is 0 Å². The van der Waals surface area contributed by atoms with Crippen LogP contribution in [0.3, 0.4) is 0 Å². The average Bonchev–Trinajstić information content (AvgIpc) is 2.51. The number of halogens is 2. The maximum atomic E-state index is 5.84. The molecule has 2 saturated carbocycles. The normalized spacial score (nSPS) is 34.9. The van der Waals surface area contributed by atoms with E-state index in [0.717, 1.165) is 0 Å². The third kappa shape index (κ3) is 4.99. The van der Waals surface area contributed by atoms with E-state index in [1.54, 1.807) is 14.2 Å². The lowest BCUT2D eigenvalue weighted by Gasteiger charge is -2.40. The smallest absolute Gasteiger partial charge is 0.374 e. The molecule has 0 spiro atoms. The van der Waals surface area contributed by atoms with Crippen molar-refractivity contribution in [1.29, 1.82) is 0 Å². The van der Waals surface area contributed by atoms with E-state index in [1.807, 2.05) is 0 Å². The van der Waals surface area contributed by atoms with Gasteiger partial charge in [0.25, 0.3) is 0 Å². The van der Waals surface area contributed by atoms with Crippen LogP contribution >= 0.6 is 31.9 Å². The molecule has 0 aromatic rings. The summed E-state index contributed by atoms with van der Waals surface area (Å²) in [6.07, 6.45) is 9.98. The van der Waals surface area contributed by atoms with E-state index in [4.69, 9.17) is 8.85 Å². The summed E-state index contributed by atoms with van der Waals surface area (Å²) in [6.45, 7) is 0. The second kappa shape index (κ2) is 8.75. The van der Waals surface area contributed by atoms with E-state index in [-0.39, 0.29) is 0 Å². The van der Waals surface area contributed by atoms with Crippen molar-refractivity contribution in [2.45, 2.75) is 73.1 Å². The number of rotatable bonds is 6. The molecule has 0 aromatic carbocycles. The van der Waals surface area contributed by atoms with Crippen LogP contribution in [0.25, 0.3) is 0 Å². The predicted molar refractivity (Wildman–Crippen MR) is 96.0 cm³/mol. The number of hydrogen-bond donors (Lipinski definition) is 2. The van der Waals surface area contributed by atoms with E-state index in [0.29, 0.717) is 21.7 Å². The molecule has 7 heteroatoms. The Hall–Kier alpha value is 1.02. The van der Waals surface area contributed by atoms with E-state index < -0.39 is 8.88 Å². The van der Waals surface area contributed by atoms with Crippen LogP contribution < -0.4 is 9.96 Å². The van der Waals surface area contributed by atoms with Crippen LogP contribution in [0, 0.1) is 0 Å². The molecule has 4 unspecified atom stereocenters. The molecule has 2 aliphatic rings. The Morgan fingerprint density at radius 1 is 0.762 bits per heavy atom. The van der Waals surface area contributed by atoms with Gasteiger partial charge in [-0.1, -0.05) is 57.5 Å². The minimum absolute atomic E-state index is 0.426. The Kier molecular flexibility index (Phi) is 7.65. The molecule has 0 radical (unpaired) electrons. The van der Waals surface area contributed by atoms with Crippen molar-refractivity contribution in [2.75, 3.05) is 14.2 Å². The molecule has 0 aromatic heterocycles. The Morgan fingerprint density at radius 2 is 1.14 bits per heavy atom. The number of hydrogen-bond acceptors (Lipinski definition) is 4. The lowest BCUT2D eigenvalue weighted by Crippen LogP contribution is -2.72. The van der Waals surface area contributed by atoms with Crippen molar-refractivity contribution in [1.82, 2.24) is 9.96 Å².